The molecule has 11 heteroatoms. The van der Waals surface area contributed by atoms with E-state index in [0.717, 1.165) is 10.1 Å². The summed E-state index contributed by atoms with van der Waals surface area (Å²) >= 11 is 7.59. The number of para-hydroxylation sites is 2. The van der Waals surface area contributed by atoms with Crippen molar-refractivity contribution >= 4 is 56.8 Å². The first-order valence-electron chi connectivity index (χ1n) is 10.1. The second-order valence-electron chi connectivity index (χ2n) is 7.01. The lowest BCUT2D eigenvalue weighted by Gasteiger charge is -2.05. The van der Waals surface area contributed by atoms with E-state index >= 15 is 0 Å². The molecular formula is C24H16ClN3O6S. The molecule has 0 radical (unpaired) electrons. The van der Waals surface area contributed by atoms with E-state index in [9.17, 15) is 19.7 Å². The minimum atomic E-state index is -0.594. The number of nitro benzene ring substituents is 1. The number of halogens is 1. The van der Waals surface area contributed by atoms with Crippen LogP contribution in [0, 0.1) is 10.1 Å². The Morgan fingerprint density at radius 2 is 1.77 bits per heavy atom. The number of hydrogen-bond acceptors (Lipinski definition) is 8. The molecule has 0 atom stereocenters. The molecule has 0 aliphatic heterocycles. The van der Waals surface area contributed by atoms with Crippen LogP contribution in [0.1, 0.15) is 15.2 Å². The van der Waals surface area contributed by atoms with E-state index in [1.165, 1.54) is 35.8 Å². The van der Waals surface area contributed by atoms with Crippen LogP contribution in [0.15, 0.2) is 77.9 Å². The largest absolute Gasteiger partial charge is 0.477 e. The zero-order valence-electron chi connectivity index (χ0n) is 17.8. The third-order valence-corrected chi connectivity index (χ3v) is 6.29. The van der Waals surface area contributed by atoms with Crippen molar-refractivity contribution in [2.45, 2.75) is 0 Å². The molecule has 0 aliphatic rings. The number of nitrogens with one attached hydrogen (secondary N) is 1. The number of nitrogens with zero attached hydrogens (tertiary/aromatic N) is 2. The topological polar surface area (TPSA) is 120 Å². The van der Waals surface area contributed by atoms with Gasteiger partial charge in [-0.05, 0) is 42.0 Å². The van der Waals surface area contributed by atoms with Gasteiger partial charge in [0.25, 0.3) is 5.91 Å². The van der Waals surface area contributed by atoms with Gasteiger partial charge in [-0.25, -0.2) is 10.2 Å². The third-order valence-electron chi connectivity index (χ3n) is 4.63. The van der Waals surface area contributed by atoms with Crippen LogP contribution in [0.5, 0.6) is 11.5 Å². The van der Waals surface area contributed by atoms with Gasteiger partial charge in [-0.2, -0.15) is 5.10 Å². The molecule has 176 valence electrons. The summed E-state index contributed by atoms with van der Waals surface area (Å²) in [5.41, 5.74) is 2.67. The summed E-state index contributed by atoms with van der Waals surface area (Å²) in [5.74, 6) is -0.838. The third kappa shape index (κ3) is 5.81. The molecule has 4 rings (SSSR count). The normalized spacial score (nSPS) is 10.9. The van der Waals surface area contributed by atoms with Crippen LogP contribution in [-0.4, -0.2) is 29.6 Å². The monoisotopic (exact) mass is 509 g/mol. The average molecular weight is 510 g/mol. The number of rotatable bonds is 8. The molecule has 0 bridgehead atoms. The fourth-order valence-corrected chi connectivity index (χ4v) is 4.39. The summed E-state index contributed by atoms with van der Waals surface area (Å²) in [5, 5.41) is 16.0. The Bertz CT molecular complexity index is 1430. The molecule has 0 saturated carbocycles. The van der Waals surface area contributed by atoms with Gasteiger partial charge in [0.1, 0.15) is 10.6 Å². The van der Waals surface area contributed by atoms with Crippen molar-refractivity contribution < 1.29 is 24.0 Å². The number of carbonyl (C=O) groups excluding carboxylic acids is 2. The summed E-state index contributed by atoms with van der Waals surface area (Å²) in [7, 11) is 0. The molecule has 0 unspecified atom stereocenters. The lowest BCUT2D eigenvalue weighted by atomic mass is 10.2. The fourth-order valence-electron chi connectivity index (χ4n) is 3.01. The number of ether oxygens (including phenoxy) is 2. The molecule has 0 fully saturated rings. The highest BCUT2D eigenvalue weighted by Gasteiger charge is 2.19. The van der Waals surface area contributed by atoms with Gasteiger partial charge < -0.3 is 9.47 Å². The summed E-state index contributed by atoms with van der Waals surface area (Å²) in [6.07, 6.45) is 1.39. The van der Waals surface area contributed by atoms with E-state index in [4.69, 9.17) is 21.1 Å². The molecule has 3 aromatic carbocycles. The van der Waals surface area contributed by atoms with Gasteiger partial charge in [0.15, 0.2) is 12.4 Å². The zero-order chi connectivity index (χ0) is 24.8. The van der Waals surface area contributed by atoms with E-state index in [-0.39, 0.29) is 11.4 Å². The van der Waals surface area contributed by atoms with Gasteiger partial charge in [-0.3, -0.25) is 14.9 Å². The number of thiophene rings is 1. The highest BCUT2D eigenvalue weighted by molar-refractivity contribution is 7.21. The molecule has 1 aromatic heterocycles. The first-order chi connectivity index (χ1) is 16.9. The summed E-state index contributed by atoms with van der Waals surface area (Å²) < 4.78 is 11.5. The SMILES string of the molecule is O=C(COc1ccccc1[N+](=O)[O-])N/N=C/c1ccc(OC(=O)c2sc3ccccc3c2Cl)cc1. The zero-order valence-corrected chi connectivity index (χ0v) is 19.4. The number of hydrazone groups is 1. The second-order valence-corrected chi connectivity index (χ2v) is 8.44. The van der Waals surface area contributed by atoms with E-state index in [1.807, 2.05) is 24.3 Å². The molecule has 0 saturated heterocycles. The fraction of sp³-hybridized carbons (Fsp3) is 0.0417. The molecule has 1 N–H and O–H groups in total. The molecule has 4 aromatic rings. The number of nitro groups is 1. The van der Waals surface area contributed by atoms with E-state index < -0.39 is 23.4 Å². The summed E-state index contributed by atoms with van der Waals surface area (Å²) in [4.78, 5) is 35.1. The Balaban J connectivity index is 1.30. The minimum Gasteiger partial charge on any atom is -0.477 e. The molecule has 1 heterocycles. The van der Waals surface area contributed by atoms with E-state index in [1.54, 1.807) is 30.3 Å². The first kappa shape index (κ1) is 23.9. The van der Waals surface area contributed by atoms with Crippen molar-refractivity contribution in [3.05, 3.63) is 98.4 Å². The number of fused-ring (bicyclic) bond motifs is 1. The first-order valence-corrected chi connectivity index (χ1v) is 11.3. The van der Waals surface area contributed by atoms with E-state index in [2.05, 4.69) is 10.5 Å². The number of amides is 1. The van der Waals surface area contributed by atoms with Crippen LogP contribution in [0.3, 0.4) is 0 Å². The van der Waals surface area contributed by atoms with Crippen LogP contribution in [-0.2, 0) is 4.79 Å². The highest BCUT2D eigenvalue weighted by atomic mass is 35.5. The van der Waals surface area contributed by atoms with Gasteiger partial charge in [-0.15, -0.1) is 11.3 Å². The molecular weight excluding hydrogens is 494 g/mol. The average Bonchev–Trinajstić information content (AvgIpc) is 3.20. The van der Waals surface area contributed by atoms with Crippen molar-refractivity contribution in [3.8, 4) is 11.5 Å². The van der Waals surface area contributed by atoms with Crippen LogP contribution < -0.4 is 14.9 Å². The van der Waals surface area contributed by atoms with Gasteiger partial charge in [0.2, 0.25) is 0 Å². The van der Waals surface area contributed by atoms with Crippen molar-refractivity contribution in [1.82, 2.24) is 5.43 Å². The Hall–Kier alpha value is -4.28. The Kier molecular flexibility index (Phi) is 7.34. The van der Waals surface area contributed by atoms with Gasteiger partial charge in [-0.1, -0.05) is 41.9 Å². The highest BCUT2D eigenvalue weighted by Crippen LogP contribution is 2.35. The smallest absolute Gasteiger partial charge is 0.355 e. The summed E-state index contributed by atoms with van der Waals surface area (Å²) in [6, 6.07) is 19.7. The van der Waals surface area contributed by atoms with E-state index in [0.29, 0.717) is 21.2 Å². The maximum Gasteiger partial charge on any atom is 0.355 e. The Morgan fingerprint density at radius 1 is 1.06 bits per heavy atom. The summed E-state index contributed by atoms with van der Waals surface area (Å²) in [6.45, 7) is -0.447. The van der Waals surface area contributed by atoms with Crippen molar-refractivity contribution in [1.29, 1.82) is 0 Å². The Labute approximate surface area is 207 Å². The van der Waals surface area contributed by atoms with Crippen LogP contribution >= 0.6 is 22.9 Å². The molecule has 0 spiro atoms. The van der Waals surface area contributed by atoms with Gasteiger partial charge in [0.05, 0.1) is 16.2 Å². The van der Waals surface area contributed by atoms with Crippen molar-refractivity contribution in [2.24, 2.45) is 5.10 Å². The van der Waals surface area contributed by atoms with Crippen molar-refractivity contribution in [3.63, 3.8) is 0 Å². The minimum absolute atomic E-state index is 0.0151. The number of benzene rings is 3. The van der Waals surface area contributed by atoms with Gasteiger partial charge in [0, 0.05) is 16.2 Å². The maximum atomic E-state index is 12.5. The molecule has 0 aliphatic carbocycles. The van der Waals surface area contributed by atoms with Crippen molar-refractivity contribution in [2.75, 3.05) is 6.61 Å². The number of carbonyl (C=O) groups is 2. The van der Waals surface area contributed by atoms with Gasteiger partial charge >= 0.3 is 11.7 Å². The number of esters is 1. The quantitative estimate of drug-likeness (QED) is 0.114. The molecule has 35 heavy (non-hydrogen) atoms. The predicted octanol–water partition coefficient (Wildman–Crippen LogP) is 5.21. The molecule has 9 nitrogen and oxygen atoms in total. The predicted molar refractivity (Wildman–Crippen MR) is 133 cm³/mol. The Morgan fingerprint density at radius 3 is 2.51 bits per heavy atom. The lowest BCUT2D eigenvalue weighted by molar-refractivity contribution is -0.385. The second kappa shape index (κ2) is 10.8. The number of hydrogen-bond donors (Lipinski definition) is 1. The molecule has 1 amide bonds. The lowest BCUT2D eigenvalue weighted by Crippen LogP contribution is -2.24. The maximum absolute atomic E-state index is 12.5. The standard InChI is InChI=1S/C24H16ClN3O6S/c25-22-17-5-1-4-8-20(17)35-23(22)24(30)34-16-11-9-15(10-12-16)13-26-27-21(29)14-33-19-7-3-2-6-18(19)28(31)32/h1-13H,14H2,(H,27,29)/b26-13+. The van der Waals surface area contributed by atoms with Crippen LogP contribution in [0.2, 0.25) is 5.02 Å². The van der Waals surface area contributed by atoms with Crippen LogP contribution in [0.25, 0.3) is 10.1 Å². The van der Waals surface area contributed by atoms with Crippen LogP contribution in [0.4, 0.5) is 5.69 Å².